The van der Waals surface area contributed by atoms with Gasteiger partial charge >= 0.3 is 11.7 Å². The van der Waals surface area contributed by atoms with Crippen molar-refractivity contribution in [2.75, 3.05) is 18.1 Å². The minimum atomic E-state index is -2.61. The topological polar surface area (TPSA) is 76.4 Å². The van der Waals surface area contributed by atoms with Crippen molar-refractivity contribution in [1.29, 1.82) is 0 Å². The Labute approximate surface area is 121 Å². The molecule has 7 heteroatoms. The van der Waals surface area contributed by atoms with Crippen LogP contribution < -0.4 is 5.01 Å². The van der Waals surface area contributed by atoms with E-state index in [2.05, 4.69) is 5.10 Å². The van der Waals surface area contributed by atoms with Crippen LogP contribution in [0.1, 0.15) is 13.8 Å². The molecule has 2 rings (SSSR count). The van der Waals surface area contributed by atoms with E-state index in [0.29, 0.717) is 23.8 Å². The van der Waals surface area contributed by atoms with Crippen molar-refractivity contribution in [3.8, 4) is 0 Å². The van der Waals surface area contributed by atoms with E-state index in [9.17, 15) is 15.0 Å². The maximum absolute atomic E-state index is 12.1. The van der Waals surface area contributed by atoms with Crippen LogP contribution in [0.2, 0.25) is 5.02 Å². The standard InChI is InChI=1S/C13H16ClN3O3/c1-3-16(4-2)11-13(19,20)12(18)17(15-11)10-7-5-9(14)6-8-10/h5-8,19-20H,3-4H2,1-2H3. The quantitative estimate of drug-likeness (QED) is 0.817. The van der Waals surface area contributed by atoms with Crippen LogP contribution in [0.4, 0.5) is 5.69 Å². The number of anilines is 1. The number of nitrogens with zero attached hydrogens (tertiary/aromatic N) is 3. The number of likely N-dealkylation sites (N-methyl/N-ethyl adjacent to an activating group) is 1. The lowest BCUT2D eigenvalue weighted by Crippen LogP contribution is -2.52. The molecule has 6 nitrogen and oxygen atoms in total. The van der Waals surface area contributed by atoms with Gasteiger partial charge in [0.2, 0.25) is 0 Å². The third-order valence-corrected chi connectivity index (χ3v) is 3.38. The summed E-state index contributed by atoms with van der Waals surface area (Å²) in [6.45, 7) is 4.72. The van der Waals surface area contributed by atoms with Crippen molar-refractivity contribution < 1.29 is 15.0 Å². The van der Waals surface area contributed by atoms with Crippen LogP contribution >= 0.6 is 11.6 Å². The summed E-state index contributed by atoms with van der Waals surface area (Å²) in [5.41, 5.74) is 0.425. The van der Waals surface area contributed by atoms with E-state index in [-0.39, 0.29) is 5.84 Å². The molecule has 0 spiro atoms. The first-order chi connectivity index (χ1) is 9.41. The molecule has 0 saturated carbocycles. The highest BCUT2D eigenvalue weighted by Crippen LogP contribution is 2.27. The third-order valence-electron chi connectivity index (χ3n) is 3.13. The van der Waals surface area contributed by atoms with Crippen molar-refractivity contribution in [2.45, 2.75) is 19.6 Å². The van der Waals surface area contributed by atoms with Gasteiger partial charge in [-0.2, -0.15) is 5.01 Å². The smallest absolute Gasteiger partial charge is 0.315 e. The summed E-state index contributed by atoms with van der Waals surface area (Å²) < 4.78 is 0. The molecule has 0 aromatic heterocycles. The second-order valence-electron chi connectivity index (χ2n) is 4.36. The number of halogens is 1. The second kappa shape index (κ2) is 5.40. The number of carbonyl (C=O) groups excluding carboxylic acids is 1. The SMILES string of the molecule is CCN(CC)C1=NN(c2ccc(Cl)cc2)C(=O)C1(O)O. The van der Waals surface area contributed by atoms with Crippen molar-refractivity contribution in [1.82, 2.24) is 4.90 Å². The van der Waals surface area contributed by atoms with Gasteiger partial charge in [0.15, 0.2) is 5.84 Å². The Bertz CT molecular complexity index is 538. The van der Waals surface area contributed by atoms with Gasteiger partial charge in [0, 0.05) is 18.1 Å². The van der Waals surface area contributed by atoms with E-state index in [4.69, 9.17) is 11.6 Å². The van der Waals surface area contributed by atoms with Crippen LogP contribution in [-0.2, 0) is 4.79 Å². The molecule has 0 bridgehead atoms. The maximum Gasteiger partial charge on any atom is 0.315 e. The number of aliphatic hydroxyl groups is 2. The average Bonchev–Trinajstić information content (AvgIpc) is 2.65. The van der Waals surface area contributed by atoms with Gasteiger partial charge in [-0.25, -0.2) is 0 Å². The molecular weight excluding hydrogens is 282 g/mol. The van der Waals surface area contributed by atoms with E-state index < -0.39 is 11.7 Å². The van der Waals surface area contributed by atoms with Crippen LogP contribution in [0, 0.1) is 0 Å². The molecule has 1 heterocycles. The molecule has 1 aromatic rings. The maximum atomic E-state index is 12.1. The first-order valence-electron chi connectivity index (χ1n) is 6.30. The van der Waals surface area contributed by atoms with Crippen LogP contribution in [0.15, 0.2) is 29.4 Å². The second-order valence-corrected chi connectivity index (χ2v) is 4.80. The molecular formula is C13H16ClN3O3. The predicted molar refractivity (Wildman–Crippen MR) is 76.5 cm³/mol. The lowest BCUT2D eigenvalue weighted by molar-refractivity contribution is -0.157. The van der Waals surface area contributed by atoms with Crippen LogP contribution in [0.25, 0.3) is 0 Å². The summed E-state index contributed by atoms with van der Waals surface area (Å²) in [6.07, 6.45) is 0. The first kappa shape index (κ1) is 14.8. The summed E-state index contributed by atoms with van der Waals surface area (Å²) in [4.78, 5) is 13.7. The molecule has 0 saturated heterocycles. The van der Waals surface area contributed by atoms with E-state index in [0.717, 1.165) is 5.01 Å². The molecule has 1 aliphatic heterocycles. The summed E-state index contributed by atoms with van der Waals surface area (Å²) in [5, 5.41) is 25.6. The van der Waals surface area contributed by atoms with Gasteiger partial charge in [0.05, 0.1) is 5.69 Å². The minimum Gasteiger partial charge on any atom is -0.354 e. The van der Waals surface area contributed by atoms with E-state index >= 15 is 0 Å². The Hall–Kier alpha value is -1.63. The minimum absolute atomic E-state index is 0.0672. The number of rotatable bonds is 3. The Morgan fingerprint density at radius 3 is 2.30 bits per heavy atom. The fraction of sp³-hybridized carbons (Fsp3) is 0.385. The molecule has 1 aliphatic rings. The van der Waals surface area contributed by atoms with Gasteiger partial charge in [-0.1, -0.05) is 11.6 Å². The molecule has 0 unspecified atom stereocenters. The normalized spacial score (nSPS) is 17.4. The number of hydrogen-bond acceptors (Lipinski definition) is 5. The molecule has 1 amide bonds. The molecule has 0 fully saturated rings. The molecule has 1 aromatic carbocycles. The highest BCUT2D eigenvalue weighted by atomic mass is 35.5. The monoisotopic (exact) mass is 297 g/mol. The van der Waals surface area contributed by atoms with Gasteiger partial charge in [0.25, 0.3) is 0 Å². The number of carbonyl (C=O) groups is 1. The zero-order valence-electron chi connectivity index (χ0n) is 11.2. The Morgan fingerprint density at radius 2 is 1.80 bits per heavy atom. The number of benzene rings is 1. The fourth-order valence-electron chi connectivity index (χ4n) is 2.02. The highest BCUT2D eigenvalue weighted by Gasteiger charge is 2.51. The van der Waals surface area contributed by atoms with Crippen molar-refractivity contribution >= 4 is 29.0 Å². The molecule has 0 atom stereocenters. The number of amides is 1. The van der Waals surface area contributed by atoms with E-state index in [1.54, 1.807) is 29.2 Å². The van der Waals surface area contributed by atoms with Gasteiger partial charge in [-0.15, -0.1) is 5.10 Å². The zero-order valence-corrected chi connectivity index (χ0v) is 12.0. The van der Waals surface area contributed by atoms with Gasteiger partial charge in [-0.3, -0.25) is 4.79 Å². The Morgan fingerprint density at radius 1 is 1.25 bits per heavy atom. The third kappa shape index (κ3) is 2.37. The van der Waals surface area contributed by atoms with Crippen molar-refractivity contribution in [2.24, 2.45) is 5.10 Å². The Balaban J connectivity index is 2.41. The summed E-state index contributed by atoms with van der Waals surface area (Å²) in [6, 6.07) is 6.38. The van der Waals surface area contributed by atoms with Crippen LogP contribution in [0.5, 0.6) is 0 Å². The lowest BCUT2D eigenvalue weighted by Gasteiger charge is -2.25. The Kier molecular flexibility index (Phi) is 3.99. The highest BCUT2D eigenvalue weighted by molar-refractivity contribution is 6.30. The van der Waals surface area contributed by atoms with E-state index in [1.807, 2.05) is 13.8 Å². The first-order valence-corrected chi connectivity index (χ1v) is 6.68. The predicted octanol–water partition coefficient (Wildman–Crippen LogP) is 1.02. The zero-order chi connectivity index (χ0) is 14.9. The largest absolute Gasteiger partial charge is 0.354 e. The molecule has 2 N–H and O–H groups in total. The molecule has 0 aliphatic carbocycles. The van der Waals surface area contributed by atoms with E-state index in [1.165, 1.54) is 0 Å². The van der Waals surface area contributed by atoms with Crippen molar-refractivity contribution in [3.63, 3.8) is 0 Å². The molecule has 0 radical (unpaired) electrons. The van der Waals surface area contributed by atoms with Gasteiger partial charge in [0.1, 0.15) is 0 Å². The summed E-state index contributed by atoms with van der Waals surface area (Å²) in [5.74, 6) is -3.57. The average molecular weight is 298 g/mol. The van der Waals surface area contributed by atoms with Gasteiger partial charge < -0.3 is 15.1 Å². The van der Waals surface area contributed by atoms with Gasteiger partial charge in [-0.05, 0) is 38.1 Å². The molecule has 108 valence electrons. The van der Waals surface area contributed by atoms with Crippen molar-refractivity contribution in [3.05, 3.63) is 29.3 Å². The van der Waals surface area contributed by atoms with Crippen LogP contribution in [-0.4, -0.2) is 45.7 Å². The fourth-order valence-corrected chi connectivity index (χ4v) is 2.14. The summed E-state index contributed by atoms with van der Waals surface area (Å²) >= 11 is 5.79. The summed E-state index contributed by atoms with van der Waals surface area (Å²) in [7, 11) is 0. The number of hydrogen-bond donors (Lipinski definition) is 2. The number of hydrazone groups is 1. The molecule has 20 heavy (non-hydrogen) atoms. The number of amidine groups is 1. The van der Waals surface area contributed by atoms with Crippen LogP contribution in [0.3, 0.4) is 0 Å². The lowest BCUT2D eigenvalue weighted by atomic mass is 10.2.